The van der Waals surface area contributed by atoms with Gasteiger partial charge in [0, 0.05) is 43.1 Å². The number of hydrogen-bond donors (Lipinski definition) is 1. The molecule has 2 aromatic heterocycles. The van der Waals surface area contributed by atoms with E-state index in [1.54, 1.807) is 6.26 Å². The third-order valence-corrected chi connectivity index (χ3v) is 3.83. The van der Waals surface area contributed by atoms with Crippen molar-refractivity contribution < 1.29 is 4.42 Å². The van der Waals surface area contributed by atoms with Crippen LogP contribution in [0.1, 0.15) is 37.9 Å². The van der Waals surface area contributed by atoms with Crippen LogP contribution in [0.25, 0.3) is 0 Å². The van der Waals surface area contributed by atoms with E-state index in [0.717, 1.165) is 44.3 Å². The normalized spacial score (nSPS) is 16.1. The summed E-state index contributed by atoms with van der Waals surface area (Å²) in [6.45, 7) is 11.2. The Labute approximate surface area is 126 Å². The van der Waals surface area contributed by atoms with Crippen LogP contribution in [-0.2, 0) is 26.2 Å². The van der Waals surface area contributed by atoms with E-state index in [0.29, 0.717) is 0 Å². The fourth-order valence-electron chi connectivity index (χ4n) is 2.61. The van der Waals surface area contributed by atoms with Gasteiger partial charge in [-0.25, -0.2) is 4.98 Å². The van der Waals surface area contributed by atoms with Crippen LogP contribution < -0.4 is 5.32 Å². The molecule has 0 atom stereocenters. The molecule has 0 bridgehead atoms. The third-order valence-electron chi connectivity index (χ3n) is 3.83. The van der Waals surface area contributed by atoms with Gasteiger partial charge in [-0.05, 0) is 26.8 Å². The van der Waals surface area contributed by atoms with Gasteiger partial charge in [0.05, 0.1) is 19.4 Å². The topological polar surface area (TPSA) is 46.2 Å². The Balaban J connectivity index is 1.62. The van der Waals surface area contributed by atoms with E-state index in [1.165, 1.54) is 5.56 Å². The van der Waals surface area contributed by atoms with Gasteiger partial charge in [-0.15, -0.1) is 0 Å². The van der Waals surface area contributed by atoms with Gasteiger partial charge in [-0.3, -0.25) is 4.90 Å². The molecule has 0 aromatic carbocycles. The molecular weight excluding hydrogens is 264 g/mol. The van der Waals surface area contributed by atoms with Crippen molar-refractivity contribution in [1.82, 2.24) is 19.8 Å². The van der Waals surface area contributed by atoms with E-state index in [9.17, 15) is 0 Å². The Morgan fingerprint density at radius 2 is 2.19 bits per heavy atom. The maximum Gasteiger partial charge on any atom is 0.122 e. The average molecular weight is 288 g/mol. The fraction of sp³-hybridized carbons (Fsp3) is 0.562. The van der Waals surface area contributed by atoms with Crippen molar-refractivity contribution in [3.8, 4) is 0 Å². The summed E-state index contributed by atoms with van der Waals surface area (Å²) >= 11 is 0. The molecule has 0 radical (unpaired) electrons. The van der Waals surface area contributed by atoms with Gasteiger partial charge in [0.15, 0.2) is 0 Å². The first-order valence-corrected chi connectivity index (χ1v) is 7.54. The molecule has 1 N–H and O–H groups in total. The minimum absolute atomic E-state index is 0.0972. The number of hydrogen-bond acceptors (Lipinski definition) is 4. The molecule has 0 aliphatic carbocycles. The SMILES string of the molecule is CC(C)(C)NCc1occc1CN1CCn2ccnc2C1. The standard InChI is InChI=1S/C16H24N4O/c1-16(2,3)18-10-14-13(4-9-21-14)11-19-7-8-20-6-5-17-15(20)12-19/h4-6,9,18H,7-8,10-12H2,1-3H3. The molecule has 0 spiro atoms. The number of furan rings is 1. The van der Waals surface area contributed by atoms with Gasteiger partial charge in [0.2, 0.25) is 0 Å². The number of nitrogens with one attached hydrogen (secondary N) is 1. The monoisotopic (exact) mass is 288 g/mol. The molecule has 0 saturated heterocycles. The molecule has 5 heteroatoms. The van der Waals surface area contributed by atoms with Crippen LogP contribution in [0.5, 0.6) is 0 Å². The van der Waals surface area contributed by atoms with Crippen LogP contribution in [0.2, 0.25) is 0 Å². The average Bonchev–Trinajstić information content (AvgIpc) is 3.04. The quantitative estimate of drug-likeness (QED) is 0.938. The van der Waals surface area contributed by atoms with Crippen LogP contribution in [0.3, 0.4) is 0 Å². The van der Waals surface area contributed by atoms with Crippen LogP contribution >= 0.6 is 0 Å². The maximum absolute atomic E-state index is 5.65. The summed E-state index contributed by atoms with van der Waals surface area (Å²) < 4.78 is 7.88. The lowest BCUT2D eigenvalue weighted by Gasteiger charge is -2.27. The van der Waals surface area contributed by atoms with Crippen molar-refractivity contribution in [2.45, 2.75) is 52.5 Å². The van der Waals surface area contributed by atoms with E-state index < -0.39 is 0 Å². The highest BCUT2D eigenvalue weighted by Gasteiger charge is 2.19. The molecule has 2 aromatic rings. The first-order chi connectivity index (χ1) is 10.0. The molecular formula is C16H24N4O. The van der Waals surface area contributed by atoms with E-state index in [2.05, 4.69) is 52.8 Å². The molecule has 3 rings (SSSR count). The number of imidazole rings is 1. The smallest absolute Gasteiger partial charge is 0.122 e. The van der Waals surface area contributed by atoms with Crippen LogP contribution in [0.15, 0.2) is 29.1 Å². The van der Waals surface area contributed by atoms with Crippen molar-refractivity contribution in [3.05, 3.63) is 41.9 Å². The van der Waals surface area contributed by atoms with Gasteiger partial charge < -0.3 is 14.3 Å². The Hall–Kier alpha value is -1.59. The highest BCUT2D eigenvalue weighted by atomic mass is 16.3. The lowest BCUT2D eigenvalue weighted by molar-refractivity contribution is 0.207. The van der Waals surface area contributed by atoms with E-state index in [1.807, 2.05) is 6.20 Å². The summed E-state index contributed by atoms with van der Waals surface area (Å²) in [5.41, 5.74) is 1.37. The van der Waals surface area contributed by atoms with Gasteiger partial charge in [-0.2, -0.15) is 0 Å². The Bertz CT molecular complexity index is 593. The maximum atomic E-state index is 5.65. The first-order valence-electron chi connectivity index (χ1n) is 7.54. The Morgan fingerprint density at radius 1 is 1.33 bits per heavy atom. The summed E-state index contributed by atoms with van der Waals surface area (Å²) in [7, 11) is 0. The van der Waals surface area contributed by atoms with Crippen molar-refractivity contribution in [3.63, 3.8) is 0 Å². The zero-order valence-corrected chi connectivity index (χ0v) is 13.1. The molecule has 0 fully saturated rings. The lowest BCUT2D eigenvalue weighted by atomic mass is 10.1. The minimum atomic E-state index is 0.0972. The third kappa shape index (κ3) is 3.54. The molecule has 5 nitrogen and oxygen atoms in total. The summed E-state index contributed by atoms with van der Waals surface area (Å²) in [4.78, 5) is 6.84. The highest BCUT2D eigenvalue weighted by molar-refractivity contribution is 5.17. The zero-order valence-electron chi connectivity index (χ0n) is 13.1. The predicted molar refractivity (Wildman–Crippen MR) is 81.6 cm³/mol. The Kier molecular flexibility index (Phi) is 3.87. The summed E-state index contributed by atoms with van der Waals surface area (Å²) in [6, 6.07) is 2.08. The van der Waals surface area contributed by atoms with Crippen molar-refractivity contribution in [2.24, 2.45) is 0 Å². The summed E-state index contributed by atoms with van der Waals surface area (Å²) in [6.07, 6.45) is 5.73. The molecule has 3 heterocycles. The molecule has 0 unspecified atom stereocenters. The van der Waals surface area contributed by atoms with Crippen molar-refractivity contribution >= 4 is 0 Å². The van der Waals surface area contributed by atoms with Crippen LogP contribution in [0.4, 0.5) is 0 Å². The molecule has 1 aliphatic rings. The molecule has 21 heavy (non-hydrogen) atoms. The molecule has 0 amide bonds. The van der Waals surface area contributed by atoms with Crippen molar-refractivity contribution in [2.75, 3.05) is 6.54 Å². The molecule has 114 valence electrons. The van der Waals surface area contributed by atoms with Crippen molar-refractivity contribution in [1.29, 1.82) is 0 Å². The fourth-order valence-corrected chi connectivity index (χ4v) is 2.61. The molecule has 0 saturated carbocycles. The van der Waals surface area contributed by atoms with E-state index in [-0.39, 0.29) is 5.54 Å². The Morgan fingerprint density at radius 3 is 3.00 bits per heavy atom. The van der Waals surface area contributed by atoms with Gasteiger partial charge in [0.1, 0.15) is 11.6 Å². The van der Waals surface area contributed by atoms with Gasteiger partial charge in [0.25, 0.3) is 0 Å². The van der Waals surface area contributed by atoms with Crippen LogP contribution in [-0.4, -0.2) is 26.5 Å². The van der Waals surface area contributed by atoms with E-state index in [4.69, 9.17) is 4.42 Å². The second-order valence-corrected chi connectivity index (χ2v) is 6.72. The number of rotatable bonds is 4. The number of fused-ring (bicyclic) bond motifs is 1. The number of aromatic nitrogens is 2. The lowest BCUT2D eigenvalue weighted by Crippen LogP contribution is -2.36. The highest BCUT2D eigenvalue weighted by Crippen LogP contribution is 2.18. The van der Waals surface area contributed by atoms with Crippen LogP contribution in [0, 0.1) is 0 Å². The number of nitrogens with zero attached hydrogens (tertiary/aromatic N) is 3. The summed E-state index contributed by atoms with van der Waals surface area (Å²) in [5, 5.41) is 3.48. The summed E-state index contributed by atoms with van der Waals surface area (Å²) in [5.74, 6) is 2.19. The first kappa shape index (κ1) is 14.4. The largest absolute Gasteiger partial charge is 0.468 e. The molecule has 1 aliphatic heterocycles. The zero-order chi connectivity index (χ0) is 14.9. The van der Waals surface area contributed by atoms with Gasteiger partial charge >= 0.3 is 0 Å². The second-order valence-electron chi connectivity index (χ2n) is 6.72. The predicted octanol–water partition coefficient (Wildman–Crippen LogP) is 2.38. The van der Waals surface area contributed by atoms with E-state index >= 15 is 0 Å². The van der Waals surface area contributed by atoms with Gasteiger partial charge in [-0.1, -0.05) is 0 Å². The minimum Gasteiger partial charge on any atom is -0.468 e. The second kappa shape index (κ2) is 5.66.